The van der Waals surface area contributed by atoms with Crippen molar-refractivity contribution in [1.82, 2.24) is 4.90 Å². The molecular formula is C16H18BrN3O2S2. The second kappa shape index (κ2) is 6.95. The van der Waals surface area contributed by atoms with E-state index in [1.165, 1.54) is 22.7 Å². The number of nitrogens with zero attached hydrogens (tertiary/aromatic N) is 1. The van der Waals surface area contributed by atoms with Crippen LogP contribution in [0.4, 0.5) is 5.00 Å². The Balaban J connectivity index is 1.91. The topological polar surface area (TPSA) is 75.4 Å². The minimum absolute atomic E-state index is 0.215. The lowest BCUT2D eigenvalue weighted by Gasteiger charge is -2.30. The van der Waals surface area contributed by atoms with Crippen molar-refractivity contribution in [2.45, 2.75) is 32.9 Å². The number of hydrogen-bond acceptors (Lipinski definition) is 5. The number of halogens is 1. The Morgan fingerprint density at radius 3 is 2.67 bits per heavy atom. The normalized spacial score (nSPS) is 14.7. The van der Waals surface area contributed by atoms with E-state index in [4.69, 9.17) is 5.73 Å². The number of amides is 2. The van der Waals surface area contributed by atoms with Gasteiger partial charge in [-0.05, 0) is 53.9 Å². The highest BCUT2D eigenvalue weighted by Gasteiger charge is 2.28. The van der Waals surface area contributed by atoms with Gasteiger partial charge in [0.2, 0.25) is 0 Å². The minimum atomic E-state index is -0.479. The fraction of sp³-hybridized carbons (Fsp3) is 0.375. The molecule has 2 aromatic heterocycles. The number of anilines is 1. The van der Waals surface area contributed by atoms with Crippen LogP contribution in [0.25, 0.3) is 0 Å². The zero-order chi connectivity index (χ0) is 17.4. The first-order valence-corrected chi connectivity index (χ1v) is 10.0. The van der Waals surface area contributed by atoms with Gasteiger partial charge < -0.3 is 11.1 Å². The maximum absolute atomic E-state index is 12.4. The van der Waals surface area contributed by atoms with E-state index in [0.717, 1.165) is 33.7 Å². The summed E-state index contributed by atoms with van der Waals surface area (Å²) in [6.07, 6.45) is 0.780. The zero-order valence-corrected chi connectivity index (χ0v) is 16.6. The average Bonchev–Trinajstić information content (AvgIpc) is 3.09. The van der Waals surface area contributed by atoms with Gasteiger partial charge in [0.15, 0.2) is 0 Å². The Bertz CT molecular complexity index is 797. The van der Waals surface area contributed by atoms with Crippen LogP contribution >= 0.6 is 38.6 Å². The van der Waals surface area contributed by atoms with E-state index in [1.807, 2.05) is 6.07 Å². The molecule has 3 heterocycles. The van der Waals surface area contributed by atoms with Crippen LogP contribution in [0.15, 0.2) is 15.9 Å². The number of carbonyl (C=O) groups excluding carboxylic acids is 2. The summed E-state index contributed by atoms with van der Waals surface area (Å²) in [4.78, 5) is 28.4. The molecule has 0 unspecified atom stereocenters. The number of primary amides is 1. The van der Waals surface area contributed by atoms with Gasteiger partial charge in [-0.15, -0.1) is 22.7 Å². The summed E-state index contributed by atoms with van der Waals surface area (Å²) in [7, 11) is 0. The predicted octanol–water partition coefficient (Wildman–Crippen LogP) is 3.69. The van der Waals surface area contributed by atoms with Crippen molar-refractivity contribution in [1.29, 1.82) is 0 Å². The smallest absolute Gasteiger partial charge is 0.266 e. The first-order valence-electron chi connectivity index (χ1n) is 7.62. The molecule has 2 aromatic rings. The average molecular weight is 428 g/mol. The molecule has 3 rings (SSSR count). The minimum Gasteiger partial charge on any atom is -0.365 e. The van der Waals surface area contributed by atoms with Crippen molar-refractivity contribution in [2.24, 2.45) is 5.73 Å². The van der Waals surface area contributed by atoms with Crippen LogP contribution in [0.3, 0.4) is 0 Å². The highest BCUT2D eigenvalue weighted by Crippen LogP contribution is 2.37. The van der Waals surface area contributed by atoms with Gasteiger partial charge in [-0.1, -0.05) is 0 Å². The molecule has 0 atom stereocenters. The quantitative estimate of drug-likeness (QED) is 0.780. The third-order valence-electron chi connectivity index (χ3n) is 4.09. The molecule has 0 radical (unpaired) electrons. The molecule has 0 saturated heterocycles. The lowest BCUT2D eigenvalue weighted by atomic mass is 10.0. The molecule has 8 heteroatoms. The number of hydrogen-bond donors (Lipinski definition) is 2. The molecule has 0 aliphatic carbocycles. The maximum atomic E-state index is 12.4. The van der Waals surface area contributed by atoms with E-state index in [9.17, 15) is 9.59 Å². The van der Waals surface area contributed by atoms with Crippen LogP contribution in [-0.2, 0) is 13.0 Å². The summed E-state index contributed by atoms with van der Waals surface area (Å²) >= 11 is 6.16. The molecule has 128 valence electrons. The first-order chi connectivity index (χ1) is 11.4. The summed E-state index contributed by atoms with van der Waals surface area (Å²) in [5, 5.41) is 3.44. The van der Waals surface area contributed by atoms with Gasteiger partial charge in [-0.3, -0.25) is 14.5 Å². The second-order valence-electron chi connectivity index (χ2n) is 5.94. The van der Waals surface area contributed by atoms with Crippen LogP contribution in [-0.4, -0.2) is 29.3 Å². The van der Waals surface area contributed by atoms with Crippen molar-refractivity contribution >= 4 is 55.4 Å². The van der Waals surface area contributed by atoms with E-state index in [0.29, 0.717) is 21.5 Å². The van der Waals surface area contributed by atoms with Gasteiger partial charge in [-0.2, -0.15) is 0 Å². The molecule has 0 fully saturated rings. The Labute approximate surface area is 157 Å². The third kappa shape index (κ3) is 3.42. The zero-order valence-electron chi connectivity index (χ0n) is 13.4. The summed E-state index contributed by atoms with van der Waals surface area (Å²) < 4.78 is 0.890. The fourth-order valence-corrected chi connectivity index (χ4v) is 5.37. The van der Waals surface area contributed by atoms with Gasteiger partial charge in [0, 0.05) is 24.0 Å². The first kappa shape index (κ1) is 17.6. The summed E-state index contributed by atoms with van der Waals surface area (Å²) in [5.74, 6) is -0.694. The van der Waals surface area contributed by atoms with Gasteiger partial charge in [0.05, 0.1) is 14.2 Å². The van der Waals surface area contributed by atoms with E-state index >= 15 is 0 Å². The maximum Gasteiger partial charge on any atom is 0.266 e. The van der Waals surface area contributed by atoms with Crippen LogP contribution < -0.4 is 11.1 Å². The number of nitrogens with one attached hydrogen (secondary N) is 1. The molecule has 2 amide bonds. The van der Waals surface area contributed by atoms with Crippen molar-refractivity contribution in [2.75, 3.05) is 11.9 Å². The number of rotatable bonds is 4. The molecule has 0 spiro atoms. The SMILES string of the molecule is CC(C)N1CCc2c(sc(NC(=O)c3ccc(Br)s3)c2C(N)=O)C1. The lowest BCUT2D eigenvalue weighted by Crippen LogP contribution is -2.35. The Morgan fingerprint density at radius 2 is 2.08 bits per heavy atom. The number of nitrogens with two attached hydrogens (primary N) is 1. The van der Waals surface area contributed by atoms with Gasteiger partial charge in [0.25, 0.3) is 11.8 Å². The highest BCUT2D eigenvalue weighted by molar-refractivity contribution is 9.11. The largest absolute Gasteiger partial charge is 0.365 e. The second-order valence-corrected chi connectivity index (χ2v) is 9.51. The van der Waals surface area contributed by atoms with Crippen molar-refractivity contribution in [3.05, 3.63) is 36.8 Å². The van der Waals surface area contributed by atoms with Gasteiger partial charge in [-0.25, -0.2) is 0 Å². The van der Waals surface area contributed by atoms with E-state index in [2.05, 4.69) is 40.0 Å². The molecular weight excluding hydrogens is 410 g/mol. The van der Waals surface area contributed by atoms with Crippen LogP contribution in [0, 0.1) is 0 Å². The Morgan fingerprint density at radius 1 is 1.33 bits per heavy atom. The highest BCUT2D eigenvalue weighted by atomic mass is 79.9. The Hall–Kier alpha value is -1.22. The molecule has 3 N–H and O–H groups in total. The monoisotopic (exact) mass is 427 g/mol. The molecule has 24 heavy (non-hydrogen) atoms. The number of fused-ring (bicyclic) bond motifs is 1. The van der Waals surface area contributed by atoms with Crippen LogP contribution in [0.2, 0.25) is 0 Å². The third-order valence-corrected chi connectivity index (χ3v) is 6.84. The summed E-state index contributed by atoms with van der Waals surface area (Å²) in [6.45, 7) is 6.00. The van der Waals surface area contributed by atoms with Crippen LogP contribution in [0.1, 0.15) is 44.3 Å². The summed E-state index contributed by atoms with van der Waals surface area (Å²) in [6, 6.07) is 4.02. The standard InChI is InChI=1S/C16H18BrN3O2S2/c1-8(2)20-6-5-9-11(7-20)24-16(13(9)14(18)21)19-15(22)10-3-4-12(17)23-10/h3-4,8H,5-7H2,1-2H3,(H2,18,21)(H,19,22). The van der Waals surface area contributed by atoms with E-state index < -0.39 is 5.91 Å². The van der Waals surface area contributed by atoms with Crippen molar-refractivity contribution in [3.8, 4) is 0 Å². The van der Waals surface area contributed by atoms with Gasteiger partial charge >= 0.3 is 0 Å². The van der Waals surface area contributed by atoms with E-state index in [-0.39, 0.29) is 5.91 Å². The van der Waals surface area contributed by atoms with Crippen LogP contribution in [0.5, 0.6) is 0 Å². The molecule has 1 aliphatic heterocycles. The molecule has 0 aromatic carbocycles. The van der Waals surface area contributed by atoms with Gasteiger partial charge in [0.1, 0.15) is 5.00 Å². The van der Waals surface area contributed by atoms with E-state index in [1.54, 1.807) is 6.07 Å². The number of thiophene rings is 2. The fourth-order valence-electron chi connectivity index (χ4n) is 2.81. The Kier molecular flexibility index (Phi) is 5.10. The molecule has 5 nitrogen and oxygen atoms in total. The predicted molar refractivity (Wildman–Crippen MR) is 102 cm³/mol. The van der Waals surface area contributed by atoms with Crippen molar-refractivity contribution in [3.63, 3.8) is 0 Å². The van der Waals surface area contributed by atoms with Crippen molar-refractivity contribution < 1.29 is 9.59 Å². The molecule has 1 aliphatic rings. The molecule has 0 saturated carbocycles. The molecule has 0 bridgehead atoms. The summed E-state index contributed by atoms with van der Waals surface area (Å²) in [5.41, 5.74) is 7.06. The number of carbonyl (C=O) groups is 2. The lowest BCUT2D eigenvalue weighted by molar-refractivity contribution is 0.0999.